The predicted octanol–water partition coefficient (Wildman–Crippen LogP) is 2.69. The fraction of sp³-hybridized carbons (Fsp3) is 0.357. The van der Waals surface area contributed by atoms with Gasteiger partial charge < -0.3 is 5.73 Å². The summed E-state index contributed by atoms with van der Waals surface area (Å²) in [6.45, 7) is 0.810. The molecule has 0 spiro atoms. The summed E-state index contributed by atoms with van der Waals surface area (Å²) < 4.78 is 0. The molecule has 2 nitrogen and oxygen atoms in total. The Hall–Kier alpha value is -1.41. The molecule has 0 radical (unpaired) electrons. The number of pyridine rings is 1. The van der Waals surface area contributed by atoms with Crippen molar-refractivity contribution in [2.24, 2.45) is 11.7 Å². The van der Waals surface area contributed by atoms with E-state index in [4.69, 9.17) is 5.73 Å². The van der Waals surface area contributed by atoms with Gasteiger partial charge in [0.1, 0.15) is 0 Å². The van der Waals surface area contributed by atoms with Crippen molar-refractivity contribution < 1.29 is 0 Å². The minimum atomic E-state index is 0.663. The Balaban J connectivity index is 1.99. The summed E-state index contributed by atoms with van der Waals surface area (Å²) in [5.74, 6) is 1.34. The molecule has 2 aromatic rings. The highest BCUT2D eigenvalue weighted by atomic mass is 14.6. The van der Waals surface area contributed by atoms with Crippen LogP contribution in [-0.4, -0.2) is 11.5 Å². The molecule has 82 valence electrons. The van der Waals surface area contributed by atoms with Gasteiger partial charge in [-0.15, -0.1) is 0 Å². The number of fused-ring (bicyclic) bond motifs is 1. The minimum Gasteiger partial charge on any atom is -0.330 e. The van der Waals surface area contributed by atoms with E-state index in [9.17, 15) is 0 Å². The summed E-state index contributed by atoms with van der Waals surface area (Å²) in [6.07, 6.45) is 4.41. The summed E-state index contributed by atoms with van der Waals surface area (Å²) in [4.78, 5) is 4.40. The van der Waals surface area contributed by atoms with Gasteiger partial charge in [0.2, 0.25) is 0 Å². The minimum absolute atomic E-state index is 0.663. The van der Waals surface area contributed by atoms with Crippen molar-refractivity contribution in [2.45, 2.75) is 18.8 Å². The normalized spacial score (nSPS) is 24.3. The summed E-state index contributed by atoms with van der Waals surface area (Å²) in [5.41, 5.74) is 8.27. The standard InChI is InChI=1S/C14H16N2/c15-9-12-5-6-13(12)11-4-3-10-2-1-7-16-14(10)8-11/h1-4,7-8,12-13H,5-6,9,15H2. The number of hydrogen-bond donors (Lipinski definition) is 1. The number of rotatable bonds is 2. The summed E-state index contributed by atoms with van der Waals surface area (Å²) in [6, 6.07) is 10.7. The summed E-state index contributed by atoms with van der Waals surface area (Å²) in [5, 5.41) is 1.22. The van der Waals surface area contributed by atoms with Crippen molar-refractivity contribution in [2.75, 3.05) is 6.54 Å². The van der Waals surface area contributed by atoms with Crippen LogP contribution in [0, 0.1) is 5.92 Å². The first-order valence-corrected chi connectivity index (χ1v) is 5.93. The van der Waals surface area contributed by atoms with Gasteiger partial charge in [0.15, 0.2) is 0 Å². The lowest BCUT2D eigenvalue weighted by Crippen LogP contribution is -2.30. The van der Waals surface area contributed by atoms with Gasteiger partial charge in [0.25, 0.3) is 0 Å². The van der Waals surface area contributed by atoms with Crippen LogP contribution in [0.25, 0.3) is 10.9 Å². The zero-order chi connectivity index (χ0) is 11.0. The smallest absolute Gasteiger partial charge is 0.0704 e. The largest absolute Gasteiger partial charge is 0.330 e. The van der Waals surface area contributed by atoms with Crippen molar-refractivity contribution in [1.82, 2.24) is 4.98 Å². The van der Waals surface area contributed by atoms with Gasteiger partial charge in [-0.1, -0.05) is 18.2 Å². The molecule has 1 fully saturated rings. The highest BCUT2D eigenvalue weighted by Gasteiger charge is 2.30. The molecule has 1 aliphatic carbocycles. The predicted molar refractivity (Wildman–Crippen MR) is 66.3 cm³/mol. The van der Waals surface area contributed by atoms with Crippen molar-refractivity contribution in [1.29, 1.82) is 0 Å². The summed E-state index contributed by atoms with van der Waals surface area (Å²) in [7, 11) is 0. The quantitative estimate of drug-likeness (QED) is 0.831. The molecule has 3 rings (SSSR count). The van der Waals surface area contributed by atoms with Gasteiger partial charge >= 0.3 is 0 Å². The van der Waals surface area contributed by atoms with Crippen LogP contribution >= 0.6 is 0 Å². The monoisotopic (exact) mass is 212 g/mol. The van der Waals surface area contributed by atoms with Crippen LogP contribution in [0.15, 0.2) is 36.5 Å². The molecule has 2 N–H and O–H groups in total. The molecule has 1 saturated carbocycles. The lowest BCUT2D eigenvalue weighted by atomic mass is 9.70. The highest BCUT2D eigenvalue weighted by Crippen LogP contribution is 2.42. The number of nitrogens with two attached hydrogens (primary N) is 1. The topological polar surface area (TPSA) is 38.9 Å². The Labute approximate surface area is 95.5 Å². The molecule has 1 aromatic carbocycles. The van der Waals surface area contributed by atoms with Gasteiger partial charge in [0.05, 0.1) is 5.52 Å². The van der Waals surface area contributed by atoms with Gasteiger partial charge in [-0.05, 0) is 48.9 Å². The van der Waals surface area contributed by atoms with E-state index in [1.54, 1.807) is 0 Å². The molecule has 2 atom stereocenters. The third kappa shape index (κ3) is 1.50. The second kappa shape index (κ2) is 3.87. The molecule has 1 heterocycles. The van der Waals surface area contributed by atoms with Crippen LogP contribution in [-0.2, 0) is 0 Å². The Kier molecular flexibility index (Phi) is 2.37. The fourth-order valence-corrected chi connectivity index (χ4v) is 2.60. The first kappa shape index (κ1) is 9.79. The van der Waals surface area contributed by atoms with Crippen molar-refractivity contribution in [3.8, 4) is 0 Å². The van der Waals surface area contributed by atoms with Crippen LogP contribution in [0.1, 0.15) is 24.3 Å². The Morgan fingerprint density at radius 1 is 1.25 bits per heavy atom. The molecule has 2 heteroatoms. The van der Waals surface area contributed by atoms with E-state index in [0.29, 0.717) is 11.8 Å². The third-order valence-electron chi connectivity index (χ3n) is 3.78. The number of aromatic nitrogens is 1. The molecule has 0 amide bonds. The van der Waals surface area contributed by atoms with E-state index in [-0.39, 0.29) is 0 Å². The first-order chi connectivity index (χ1) is 7.88. The Morgan fingerprint density at radius 3 is 2.94 bits per heavy atom. The van der Waals surface area contributed by atoms with Crippen LogP contribution in [0.3, 0.4) is 0 Å². The number of nitrogens with zero attached hydrogens (tertiary/aromatic N) is 1. The van der Waals surface area contributed by atoms with Crippen molar-refractivity contribution in [3.05, 3.63) is 42.1 Å². The second-order valence-electron chi connectivity index (χ2n) is 4.64. The van der Waals surface area contributed by atoms with Crippen molar-refractivity contribution >= 4 is 10.9 Å². The number of hydrogen-bond acceptors (Lipinski definition) is 2. The average Bonchev–Trinajstić information content (AvgIpc) is 2.28. The van der Waals surface area contributed by atoms with E-state index < -0.39 is 0 Å². The zero-order valence-corrected chi connectivity index (χ0v) is 9.26. The summed E-state index contributed by atoms with van der Waals surface area (Å²) >= 11 is 0. The van der Waals surface area contributed by atoms with Crippen LogP contribution < -0.4 is 5.73 Å². The lowest BCUT2D eigenvalue weighted by Gasteiger charge is -2.36. The Bertz CT molecular complexity index is 505. The van der Waals surface area contributed by atoms with Gasteiger partial charge in [-0.2, -0.15) is 0 Å². The van der Waals surface area contributed by atoms with Crippen LogP contribution in [0.4, 0.5) is 0 Å². The van der Waals surface area contributed by atoms with E-state index >= 15 is 0 Å². The van der Waals surface area contributed by atoms with E-state index in [0.717, 1.165) is 12.1 Å². The fourth-order valence-electron chi connectivity index (χ4n) is 2.60. The molecule has 1 aromatic heterocycles. The molecule has 16 heavy (non-hydrogen) atoms. The zero-order valence-electron chi connectivity index (χ0n) is 9.26. The molecular weight excluding hydrogens is 196 g/mol. The van der Waals surface area contributed by atoms with Gasteiger partial charge in [0, 0.05) is 11.6 Å². The molecule has 0 aliphatic heterocycles. The molecule has 1 aliphatic rings. The maximum atomic E-state index is 5.76. The van der Waals surface area contributed by atoms with Crippen molar-refractivity contribution in [3.63, 3.8) is 0 Å². The molecule has 2 unspecified atom stereocenters. The SMILES string of the molecule is NCC1CCC1c1ccc2cccnc2c1. The van der Waals surface area contributed by atoms with E-state index in [2.05, 4.69) is 29.2 Å². The molecule has 0 saturated heterocycles. The van der Waals surface area contributed by atoms with Crippen LogP contribution in [0.5, 0.6) is 0 Å². The second-order valence-corrected chi connectivity index (χ2v) is 4.64. The Morgan fingerprint density at radius 2 is 2.19 bits per heavy atom. The first-order valence-electron chi connectivity index (χ1n) is 5.93. The van der Waals surface area contributed by atoms with E-state index in [1.165, 1.54) is 23.8 Å². The third-order valence-corrected chi connectivity index (χ3v) is 3.78. The molecule has 0 bridgehead atoms. The maximum absolute atomic E-state index is 5.76. The average molecular weight is 212 g/mol. The maximum Gasteiger partial charge on any atom is 0.0704 e. The lowest BCUT2D eigenvalue weighted by molar-refractivity contribution is 0.263. The number of benzene rings is 1. The molecular formula is C14H16N2. The van der Waals surface area contributed by atoms with Crippen LogP contribution in [0.2, 0.25) is 0 Å². The van der Waals surface area contributed by atoms with Gasteiger partial charge in [-0.25, -0.2) is 0 Å². The van der Waals surface area contributed by atoms with Gasteiger partial charge in [-0.3, -0.25) is 4.98 Å². The highest BCUT2D eigenvalue weighted by molar-refractivity contribution is 5.79. The van der Waals surface area contributed by atoms with E-state index in [1.807, 2.05) is 12.3 Å².